The number of carbonyl (C=O) groups excluding carboxylic acids is 1. The maximum atomic E-state index is 12.9. The molecule has 6 heteroatoms. The molecule has 0 amide bonds. The van der Waals surface area contributed by atoms with Crippen LogP contribution in [0.25, 0.3) is 0 Å². The van der Waals surface area contributed by atoms with Crippen molar-refractivity contribution in [2.45, 2.75) is 31.6 Å². The minimum Gasteiger partial charge on any atom is -0.294 e. The summed E-state index contributed by atoms with van der Waals surface area (Å²) in [6.07, 6.45) is -0.688. The Hall–Kier alpha value is -1.46. The molecule has 1 aliphatic carbocycles. The molecule has 1 atom stereocenters. The van der Waals surface area contributed by atoms with Crippen molar-refractivity contribution in [1.82, 2.24) is 0 Å². The van der Waals surface area contributed by atoms with Gasteiger partial charge in [0.15, 0.2) is 23.2 Å². The van der Waals surface area contributed by atoms with Crippen LogP contribution in [0.3, 0.4) is 0 Å². The summed E-state index contributed by atoms with van der Waals surface area (Å²) >= 11 is 0. The number of Topliss-reactive ketones (excluding diaryl/α,β-unsaturated/α-hetero) is 1. The Labute approximate surface area is 106 Å². The monoisotopic (exact) mass is 278 g/mol. The second kappa shape index (κ2) is 4.90. The third-order valence-corrected chi connectivity index (χ3v) is 3.29. The Morgan fingerprint density at radius 1 is 1.21 bits per heavy atom. The van der Waals surface area contributed by atoms with Gasteiger partial charge in [0.25, 0.3) is 0 Å². The Balaban J connectivity index is 2.09. The fourth-order valence-electron chi connectivity index (χ4n) is 2.31. The van der Waals surface area contributed by atoms with Crippen LogP contribution >= 0.6 is 0 Å². The van der Waals surface area contributed by atoms with Gasteiger partial charge in [-0.25, -0.2) is 22.0 Å². The lowest BCUT2D eigenvalue weighted by molar-refractivity contribution is 0.00497. The van der Waals surface area contributed by atoms with Crippen LogP contribution in [0.2, 0.25) is 0 Å². The molecule has 19 heavy (non-hydrogen) atoms. The van der Waals surface area contributed by atoms with E-state index >= 15 is 0 Å². The van der Waals surface area contributed by atoms with E-state index < -0.39 is 41.5 Å². The fraction of sp³-hybridized carbons (Fsp3) is 0.462. The van der Waals surface area contributed by atoms with Gasteiger partial charge in [-0.05, 0) is 24.5 Å². The van der Waals surface area contributed by atoms with Crippen molar-refractivity contribution < 1.29 is 26.7 Å². The summed E-state index contributed by atoms with van der Waals surface area (Å²) in [4.78, 5) is 11.7. The van der Waals surface area contributed by atoms with E-state index in [1.807, 2.05) is 0 Å². The van der Waals surface area contributed by atoms with Crippen molar-refractivity contribution in [2.24, 2.45) is 5.92 Å². The van der Waals surface area contributed by atoms with Crippen LogP contribution in [0.1, 0.15) is 36.0 Å². The van der Waals surface area contributed by atoms with E-state index in [2.05, 4.69) is 0 Å². The summed E-state index contributed by atoms with van der Waals surface area (Å²) < 4.78 is 64.5. The summed E-state index contributed by atoms with van der Waals surface area (Å²) in [6.45, 7) is 0. The van der Waals surface area contributed by atoms with E-state index in [9.17, 15) is 26.7 Å². The zero-order valence-electron chi connectivity index (χ0n) is 9.86. The molecule has 0 bridgehead atoms. The molecule has 104 valence electrons. The highest BCUT2D eigenvalue weighted by molar-refractivity contribution is 5.96. The first-order valence-electron chi connectivity index (χ1n) is 5.84. The highest BCUT2D eigenvalue weighted by Gasteiger charge is 2.40. The molecule has 0 aromatic heterocycles. The molecule has 1 fully saturated rings. The number of halogens is 5. The van der Waals surface area contributed by atoms with Crippen LogP contribution in [-0.4, -0.2) is 11.7 Å². The zero-order valence-corrected chi connectivity index (χ0v) is 9.86. The summed E-state index contributed by atoms with van der Waals surface area (Å²) in [7, 11) is 0. The maximum Gasteiger partial charge on any atom is 0.248 e. The molecule has 0 radical (unpaired) electrons. The van der Waals surface area contributed by atoms with Gasteiger partial charge in [-0.15, -0.1) is 0 Å². The zero-order chi connectivity index (χ0) is 14.2. The molecular weight excluding hydrogens is 267 g/mol. The van der Waals surface area contributed by atoms with Gasteiger partial charge >= 0.3 is 0 Å². The molecule has 1 aromatic carbocycles. The molecule has 1 saturated carbocycles. The van der Waals surface area contributed by atoms with Crippen molar-refractivity contribution in [3.8, 4) is 0 Å². The van der Waals surface area contributed by atoms with E-state index in [4.69, 9.17) is 0 Å². The Kier molecular flexibility index (Phi) is 3.60. The topological polar surface area (TPSA) is 17.1 Å². The number of ketones is 1. The maximum absolute atomic E-state index is 12.9. The van der Waals surface area contributed by atoms with Gasteiger partial charge in [0.05, 0.1) is 0 Å². The van der Waals surface area contributed by atoms with Crippen LogP contribution in [0, 0.1) is 23.4 Å². The van der Waals surface area contributed by atoms with E-state index in [0.29, 0.717) is 12.1 Å². The lowest BCUT2D eigenvalue weighted by Crippen LogP contribution is -2.12. The quantitative estimate of drug-likeness (QED) is 0.462. The third-order valence-electron chi connectivity index (χ3n) is 3.29. The first-order chi connectivity index (χ1) is 8.78. The summed E-state index contributed by atoms with van der Waals surface area (Å²) in [5.74, 6) is -8.49. The normalized spacial score (nSPS) is 21.6. The molecule has 1 aliphatic rings. The Bertz CT molecular complexity index is 489. The lowest BCUT2D eigenvalue weighted by atomic mass is 9.96. The van der Waals surface area contributed by atoms with E-state index in [1.54, 1.807) is 0 Å². The number of rotatable bonds is 3. The predicted molar refractivity (Wildman–Crippen MR) is 57.6 cm³/mol. The molecule has 0 spiro atoms. The van der Waals surface area contributed by atoms with E-state index in [0.717, 1.165) is 0 Å². The highest BCUT2D eigenvalue weighted by atomic mass is 19.3. The largest absolute Gasteiger partial charge is 0.294 e. The molecule has 1 unspecified atom stereocenters. The van der Waals surface area contributed by atoms with Gasteiger partial charge in [-0.1, -0.05) is 0 Å². The van der Waals surface area contributed by atoms with Gasteiger partial charge in [0.2, 0.25) is 5.92 Å². The lowest BCUT2D eigenvalue weighted by Gasteiger charge is -2.10. The van der Waals surface area contributed by atoms with Crippen molar-refractivity contribution in [1.29, 1.82) is 0 Å². The van der Waals surface area contributed by atoms with E-state index in [1.165, 1.54) is 0 Å². The second-order valence-electron chi connectivity index (χ2n) is 4.85. The van der Waals surface area contributed by atoms with Crippen LogP contribution < -0.4 is 0 Å². The molecule has 1 aromatic rings. The smallest absolute Gasteiger partial charge is 0.248 e. The van der Waals surface area contributed by atoms with Gasteiger partial charge in [0, 0.05) is 24.8 Å². The Morgan fingerprint density at radius 3 is 2.26 bits per heavy atom. The first-order valence-corrected chi connectivity index (χ1v) is 5.84. The standard InChI is InChI=1S/C13H11F5O/c14-9-4-8(5-10(15)12(9)16)11(19)3-7-1-2-13(17,18)6-7/h4-5,7H,1-3,6H2. The van der Waals surface area contributed by atoms with Gasteiger partial charge in [0.1, 0.15) is 0 Å². The number of hydrogen-bond donors (Lipinski definition) is 0. The summed E-state index contributed by atoms with van der Waals surface area (Å²) in [5, 5.41) is 0. The van der Waals surface area contributed by atoms with Crippen molar-refractivity contribution in [2.75, 3.05) is 0 Å². The molecule has 0 heterocycles. The van der Waals surface area contributed by atoms with Gasteiger partial charge < -0.3 is 0 Å². The average Bonchev–Trinajstić information content (AvgIpc) is 2.64. The summed E-state index contributed by atoms with van der Waals surface area (Å²) in [6, 6.07) is 1.18. The number of carbonyl (C=O) groups is 1. The third kappa shape index (κ3) is 3.11. The van der Waals surface area contributed by atoms with Crippen LogP contribution in [0.15, 0.2) is 12.1 Å². The number of alkyl halides is 2. The van der Waals surface area contributed by atoms with Crippen LogP contribution in [-0.2, 0) is 0 Å². The average molecular weight is 278 g/mol. The number of benzene rings is 1. The fourth-order valence-corrected chi connectivity index (χ4v) is 2.31. The Morgan fingerprint density at radius 2 is 1.79 bits per heavy atom. The molecule has 0 N–H and O–H groups in total. The highest BCUT2D eigenvalue weighted by Crippen LogP contribution is 2.40. The molecular formula is C13H11F5O. The van der Waals surface area contributed by atoms with Crippen molar-refractivity contribution >= 4 is 5.78 Å². The number of hydrogen-bond acceptors (Lipinski definition) is 1. The van der Waals surface area contributed by atoms with E-state index in [-0.39, 0.29) is 24.8 Å². The second-order valence-corrected chi connectivity index (χ2v) is 4.85. The minimum absolute atomic E-state index is 0.199. The SMILES string of the molecule is O=C(CC1CCC(F)(F)C1)c1cc(F)c(F)c(F)c1. The minimum atomic E-state index is -2.77. The molecule has 0 saturated heterocycles. The molecule has 1 nitrogen and oxygen atoms in total. The predicted octanol–water partition coefficient (Wildman–Crippen LogP) is 4.11. The first kappa shape index (κ1) is 14.0. The van der Waals surface area contributed by atoms with Crippen molar-refractivity contribution in [3.63, 3.8) is 0 Å². The van der Waals surface area contributed by atoms with Crippen LogP contribution in [0.4, 0.5) is 22.0 Å². The molecule has 0 aliphatic heterocycles. The van der Waals surface area contributed by atoms with Crippen LogP contribution in [0.5, 0.6) is 0 Å². The van der Waals surface area contributed by atoms with Crippen molar-refractivity contribution in [3.05, 3.63) is 35.1 Å². The van der Waals surface area contributed by atoms with Gasteiger partial charge in [-0.2, -0.15) is 0 Å². The molecule has 2 rings (SSSR count). The van der Waals surface area contributed by atoms with Gasteiger partial charge in [-0.3, -0.25) is 4.79 Å². The summed E-state index contributed by atoms with van der Waals surface area (Å²) in [5.41, 5.74) is -0.327.